The lowest BCUT2D eigenvalue weighted by Gasteiger charge is -2.26. The molecule has 2 heteroatoms. The second-order valence-electron chi connectivity index (χ2n) is 2.74. The molecule has 1 fully saturated rings. The average Bonchev–Trinajstić information content (AvgIpc) is 1.88. The highest BCUT2D eigenvalue weighted by atomic mass is 32.1. The zero-order chi connectivity index (χ0) is 6.69. The Morgan fingerprint density at radius 2 is 2.44 bits per heavy atom. The van der Waals surface area contributed by atoms with Crippen LogP contribution in [-0.4, -0.2) is 17.8 Å². The van der Waals surface area contributed by atoms with Gasteiger partial charge in [-0.15, -0.1) is 0 Å². The first-order valence-electron chi connectivity index (χ1n) is 3.74. The van der Waals surface area contributed by atoms with Crippen molar-refractivity contribution in [3.63, 3.8) is 0 Å². The third-order valence-electron chi connectivity index (χ3n) is 1.96. The molecule has 0 aliphatic carbocycles. The molecular weight excluding hydrogens is 130 g/mol. The maximum absolute atomic E-state index is 4.43. The van der Waals surface area contributed by atoms with Crippen LogP contribution >= 0.6 is 12.6 Å². The predicted octanol–water partition coefficient (Wildman–Crippen LogP) is 1.45. The highest BCUT2D eigenvalue weighted by molar-refractivity contribution is 7.80. The summed E-state index contributed by atoms with van der Waals surface area (Å²) in [5.41, 5.74) is 0. The summed E-state index contributed by atoms with van der Waals surface area (Å²) in [5, 5.41) is 4.10. The first-order chi connectivity index (χ1) is 4.33. The van der Waals surface area contributed by atoms with Gasteiger partial charge in [0.15, 0.2) is 0 Å². The number of piperidine rings is 1. The molecule has 0 aromatic heterocycles. The largest absolute Gasteiger partial charge is 0.314 e. The highest BCUT2D eigenvalue weighted by Crippen LogP contribution is 2.15. The summed E-state index contributed by atoms with van der Waals surface area (Å²) in [6, 6.07) is 0.737. The van der Waals surface area contributed by atoms with Crippen LogP contribution in [0.3, 0.4) is 0 Å². The molecular formula is C7H15NS. The standard InChI is InChI=1S/C7H15NS/c1-2-6-5-7(9)3-4-8-6/h6-9H,2-5H2,1H3. The fourth-order valence-electron chi connectivity index (χ4n) is 1.29. The number of rotatable bonds is 1. The summed E-state index contributed by atoms with van der Waals surface area (Å²) in [6.45, 7) is 3.39. The van der Waals surface area contributed by atoms with Gasteiger partial charge in [0.05, 0.1) is 0 Å². The summed E-state index contributed by atoms with van der Waals surface area (Å²) >= 11 is 4.43. The molecule has 1 aliphatic heterocycles. The van der Waals surface area contributed by atoms with Crippen molar-refractivity contribution in [2.75, 3.05) is 6.54 Å². The van der Waals surface area contributed by atoms with Crippen molar-refractivity contribution in [1.82, 2.24) is 5.32 Å². The minimum Gasteiger partial charge on any atom is -0.314 e. The van der Waals surface area contributed by atoms with Gasteiger partial charge in [0.2, 0.25) is 0 Å². The Morgan fingerprint density at radius 3 is 2.89 bits per heavy atom. The Balaban J connectivity index is 2.23. The summed E-state index contributed by atoms with van der Waals surface area (Å²) in [4.78, 5) is 0. The van der Waals surface area contributed by atoms with Crippen LogP contribution < -0.4 is 5.32 Å². The van der Waals surface area contributed by atoms with E-state index in [0.29, 0.717) is 5.25 Å². The van der Waals surface area contributed by atoms with Gasteiger partial charge in [-0.25, -0.2) is 0 Å². The van der Waals surface area contributed by atoms with Crippen LogP contribution in [0.15, 0.2) is 0 Å². The molecule has 1 N–H and O–H groups in total. The van der Waals surface area contributed by atoms with Gasteiger partial charge in [0.25, 0.3) is 0 Å². The summed E-state index contributed by atoms with van der Waals surface area (Å²) in [6.07, 6.45) is 3.73. The summed E-state index contributed by atoms with van der Waals surface area (Å²) < 4.78 is 0. The van der Waals surface area contributed by atoms with Crippen LogP contribution in [0.25, 0.3) is 0 Å². The molecule has 0 aromatic rings. The lowest BCUT2D eigenvalue weighted by Crippen LogP contribution is -2.37. The molecule has 0 amide bonds. The van der Waals surface area contributed by atoms with Crippen molar-refractivity contribution < 1.29 is 0 Å². The molecule has 2 atom stereocenters. The molecule has 0 aromatic carbocycles. The van der Waals surface area contributed by atoms with Crippen molar-refractivity contribution in [2.45, 2.75) is 37.5 Å². The third-order valence-corrected chi connectivity index (χ3v) is 2.43. The van der Waals surface area contributed by atoms with E-state index in [4.69, 9.17) is 0 Å². The van der Waals surface area contributed by atoms with Gasteiger partial charge >= 0.3 is 0 Å². The second-order valence-corrected chi connectivity index (χ2v) is 3.47. The van der Waals surface area contributed by atoms with E-state index in [1.807, 2.05) is 0 Å². The van der Waals surface area contributed by atoms with Gasteiger partial charge in [-0.3, -0.25) is 0 Å². The van der Waals surface area contributed by atoms with Crippen molar-refractivity contribution in [3.05, 3.63) is 0 Å². The van der Waals surface area contributed by atoms with Crippen molar-refractivity contribution in [2.24, 2.45) is 0 Å². The zero-order valence-corrected chi connectivity index (χ0v) is 6.82. The van der Waals surface area contributed by atoms with Gasteiger partial charge in [0, 0.05) is 11.3 Å². The van der Waals surface area contributed by atoms with Crippen LogP contribution in [0.4, 0.5) is 0 Å². The van der Waals surface area contributed by atoms with Crippen molar-refractivity contribution in [3.8, 4) is 0 Å². The summed E-state index contributed by atoms with van der Waals surface area (Å²) in [5.74, 6) is 0. The smallest absolute Gasteiger partial charge is 0.00748 e. The Hall–Kier alpha value is 0.310. The first kappa shape index (κ1) is 7.42. The van der Waals surface area contributed by atoms with E-state index in [9.17, 15) is 0 Å². The molecule has 0 spiro atoms. The molecule has 0 bridgehead atoms. The SMILES string of the molecule is CCC1CC(S)CCN1. The second kappa shape index (κ2) is 3.47. The van der Waals surface area contributed by atoms with Gasteiger partial charge in [0.1, 0.15) is 0 Å². The molecule has 1 aliphatic rings. The third kappa shape index (κ3) is 2.18. The van der Waals surface area contributed by atoms with Crippen LogP contribution in [-0.2, 0) is 0 Å². The molecule has 1 saturated heterocycles. The lowest BCUT2D eigenvalue weighted by molar-refractivity contribution is 0.402. The van der Waals surface area contributed by atoms with E-state index in [2.05, 4.69) is 24.9 Å². The van der Waals surface area contributed by atoms with Crippen LogP contribution in [0.5, 0.6) is 0 Å². The van der Waals surface area contributed by atoms with E-state index in [0.717, 1.165) is 12.6 Å². The van der Waals surface area contributed by atoms with Crippen molar-refractivity contribution >= 4 is 12.6 Å². The number of hydrogen-bond acceptors (Lipinski definition) is 2. The fourth-order valence-corrected chi connectivity index (χ4v) is 1.68. The minimum absolute atomic E-state index is 0.649. The number of nitrogens with one attached hydrogen (secondary N) is 1. The average molecular weight is 145 g/mol. The normalized spacial score (nSPS) is 36.7. The number of thiol groups is 1. The van der Waals surface area contributed by atoms with Gasteiger partial charge in [-0.1, -0.05) is 6.92 Å². The first-order valence-corrected chi connectivity index (χ1v) is 4.26. The van der Waals surface area contributed by atoms with Crippen molar-refractivity contribution in [1.29, 1.82) is 0 Å². The molecule has 2 unspecified atom stereocenters. The maximum atomic E-state index is 4.43. The van der Waals surface area contributed by atoms with E-state index in [1.54, 1.807) is 0 Å². The maximum Gasteiger partial charge on any atom is 0.00748 e. The molecule has 0 saturated carbocycles. The minimum atomic E-state index is 0.649. The molecule has 1 nitrogen and oxygen atoms in total. The van der Waals surface area contributed by atoms with E-state index in [-0.39, 0.29) is 0 Å². The molecule has 9 heavy (non-hydrogen) atoms. The summed E-state index contributed by atoms with van der Waals surface area (Å²) in [7, 11) is 0. The topological polar surface area (TPSA) is 12.0 Å². The fraction of sp³-hybridized carbons (Fsp3) is 1.00. The van der Waals surface area contributed by atoms with E-state index >= 15 is 0 Å². The Kier molecular flexibility index (Phi) is 2.86. The highest BCUT2D eigenvalue weighted by Gasteiger charge is 2.16. The zero-order valence-electron chi connectivity index (χ0n) is 5.93. The Bertz CT molecular complexity index is 85.0. The van der Waals surface area contributed by atoms with E-state index in [1.165, 1.54) is 19.3 Å². The number of hydrogen-bond donors (Lipinski definition) is 2. The van der Waals surface area contributed by atoms with Gasteiger partial charge in [-0.2, -0.15) is 12.6 Å². The van der Waals surface area contributed by atoms with Crippen LogP contribution in [0, 0.1) is 0 Å². The molecule has 0 radical (unpaired) electrons. The molecule has 1 heterocycles. The Morgan fingerprint density at radius 1 is 1.67 bits per heavy atom. The lowest BCUT2D eigenvalue weighted by atomic mass is 10.0. The van der Waals surface area contributed by atoms with Crippen LogP contribution in [0.2, 0.25) is 0 Å². The van der Waals surface area contributed by atoms with Gasteiger partial charge in [-0.05, 0) is 25.8 Å². The predicted molar refractivity (Wildman–Crippen MR) is 44.1 cm³/mol. The quantitative estimate of drug-likeness (QED) is 0.532. The van der Waals surface area contributed by atoms with Crippen LogP contribution in [0.1, 0.15) is 26.2 Å². The molecule has 1 rings (SSSR count). The van der Waals surface area contributed by atoms with E-state index < -0.39 is 0 Å². The van der Waals surface area contributed by atoms with Gasteiger partial charge < -0.3 is 5.32 Å². The molecule has 54 valence electrons. The monoisotopic (exact) mass is 145 g/mol. The Labute approximate surface area is 62.6 Å².